The Kier molecular flexibility index (Phi) is 7.72. The first-order valence-corrected chi connectivity index (χ1v) is 11.6. The molecule has 0 atom stereocenters. The highest BCUT2D eigenvalue weighted by molar-refractivity contribution is 5.89. The van der Waals surface area contributed by atoms with Crippen molar-refractivity contribution in [3.05, 3.63) is 110 Å². The Morgan fingerprint density at radius 2 is 1.84 bits per heavy atom. The maximum atomic E-state index is 13.1. The van der Waals surface area contributed by atoms with Crippen molar-refractivity contribution >= 4 is 34.9 Å². The molecule has 0 spiro atoms. The number of hydrogen-bond acceptors (Lipinski definition) is 8. The molecule has 10 nitrogen and oxygen atoms in total. The zero-order valence-corrected chi connectivity index (χ0v) is 20.9. The second kappa shape index (κ2) is 11.3. The third kappa shape index (κ3) is 5.81. The van der Waals surface area contributed by atoms with E-state index >= 15 is 0 Å². The molecule has 0 aliphatic carbocycles. The van der Waals surface area contributed by atoms with Crippen LogP contribution in [0.4, 0.5) is 5.69 Å². The Hall–Kier alpha value is -5.12. The molecule has 0 aliphatic heterocycles. The van der Waals surface area contributed by atoms with Crippen LogP contribution in [0.3, 0.4) is 0 Å². The third-order valence-corrected chi connectivity index (χ3v) is 5.51. The summed E-state index contributed by atoms with van der Waals surface area (Å²) in [5, 5.41) is 15.8. The van der Waals surface area contributed by atoms with Gasteiger partial charge in [-0.05, 0) is 47.5 Å². The molecule has 0 bridgehead atoms. The van der Waals surface area contributed by atoms with Crippen molar-refractivity contribution < 1.29 is 19.2 Å². The lowest BCUT2D eigenvalue weighted by Crippen LogP contribution is -2.23. The van der Waals surface area contributed by atoms with E-state index in [4.69, 9.17) is 9.47 Å². The maximum absolute atomic E-state index is 13.1. The van der Waals surface area contributed by atoms with Crippen LogP contribution in [-0.4, -0.2) is 33.9 Å². The van der Waals surface area contributed by atoms with Gasteiger partial charge in [0.05, 0.1) is 29.2 Å². The molecule has 0 N–H and O–H groups in total. The van der Waals surface area contributed by atoms with Gasteiger partial charge in [0.25, 0.3) is 11.2 Å². The topological polar surface area (TPSA) is 126 Å². The molecule has 0 aliphatic rings. The van der Waals surface area contributed by atoms with Gasteiger partial charge in [-0.3, -0.25) is 14.9 Å². The smallest absolute Gasteiger partial charge is 0.336 e. The highest BCUT2D eigenvalue weighted by Gasteiger charge is 2.14. The molecule has 1 aromatic heterocycles. The molecule has 0 saturated heterocycles. The minimum absolute atomic E-state index is 0.0455. The van der Waals surface area contributed by atoms with Crippen LogP contribution in [0.25, 0.3) is 17.0 Å². The Morgan fingerprint density at radius 3 is 2.58 bits per heavy atom. The van der Waals surface area contributed by atoms with Gasteiger partial charge in [0, 0.05) is 24.1 Å². The van der Waals surface area contributed by atoms with Crippen molar-refractivity contribution in [1.29, 1.82) is 0 Å². The van der Waals surface area contributed by atoms with E-state index in [0.717, 1.165) is 0 Å². The Morgan fingerprint density at radius 1 is 1.05 bits per heavy atom. The van der Waals surface area contributed by atoms with E-state index < -0.39 is 10.9 Å². The molecule has 4 rings (SSSR count). The van der Waals surface area contributed by atoms with Crippen LogP contribution in [-0.2, 0) is 4.79 Å². The number of benzene rings is 3. The van der Waals surface area contributed by atoms with Crippen molar-refractivity contribution in [3.8, 4) is 11.5 Å². The van der Waals surface area contributed by atoms with Crippen molar-refractivity contribution in [2.24, 2.45) is 5.10 Å². The van der Waals surface area contributed by atoms with E-state index in [2.05, 4.69) is 10.1 Å². The quantitative estimate of drug-likeness (QED) is 0.0817. The van der Waals surface area contributed by atoms with Crippen LogP contribution in [0.15, 0.2) is 82.7 Å². The molecule has 0 unspecified atom stereocenters. The summed E-state index contributed by atoms with van der Waals surface area (Å²) in [7, 11) is 1.43. The molecule has 3 aromatic carbocycles. The third-order valence-electron chi connectivity index (χ3n) is 5.51. The number of nitro benzene ring substituents is 1. The van der Waals surface area contributed by atoms with Gasteiger partial charge in [0.2, 0.25) is 0 Å². The fourth-order valence-corrected chi connectivity index (χ4v) is 3.65. The number of esters is 1. The number of hydrogen-bond donors (Lipinski definition) is 0. The molecule has 0 fully saturated rings. The molecular formula is C28H24N4O6. The number of para-hydroxylation sites is 1. The Balaban J connectivity index is 1.56. The summed E-state index contributed by atoms with van der Waals surface area (Å²) in [5.41, 5.74) is 1.34. The number of carbonyl (C=O) groups is 1. The number of ether oxygens (including phenoxy) is 2. The van der Waals surface area contributed by atoms with E-state index in [1.807, 2.05) is 19.9 Å². The first kappa shape index (κ1) is 26.0. The summed E-state index contributed by atoms with van der Waals surface area (Å²) >= 11 is 0. The van der Waals surface area contributed by atoms with Crippen LogP contribution < -0.4 is 15.0 Å². The van der Waals surface area contributed by atoms with Gasteiger partial charge >= 0.3 is 5.97 Å². The van der Waals surface area contributed by atoms with Gasteiger partial charge in [-0.25, -0.2) is 9.78 Å². The van der Waals surface area contributed by atoms with Crippen molar-refractivity contribution in [2.45, 2.75) is 19.8 Å². The van der Waals surface area contributed by atoms with Crippen LogP contribution >= 0.6 is 0 Å². The maximum Gasteiger partial charge on any atom is 0.336 e. The van der Waals surface area contributed by atoms with Gasteiger partial charge in [0.1, 0.15) is 5.82 Å². The standard InChI is InChI=1S/C28H24N4O6/c1-18(2)27-30-23-10-5-4-9-22(23)28(34)31(27)29-17-20-11-13-24(25(16-20)37-3)38-26(33)14-12-19-7-6-8-21(15-19)32(35)36/h4-18H,1-3H3/b14-12+,29-17?. The minimum Gasteiger partial charge on any atom is -0.493 e. The van der Waals surface area contributed by atoms with Gasteiger partial charge in [-0.1, -0.05) is 38.1 Å². The molecule has 1 heterocycles. The van der Waals surface area contributed by atoms with Crippen LogP contribution in [0.1, 0.15) is 36.7 Å². The highest BCUT2D eigenvalue weighted by atomic mass is 16.6. The minimum atomic E-state index is -0.688. The number of nitrogens with zero attached hydrogens (tertiary/aromatic N) is 4. The number of non-ortho nitro benzene ring substituents is 1. The predicted molar refractivity (Wildman–Crippen MR) is 144 cm³/mol. The molecule has 0 radical (unpaired) electrons. The molecule has 192 valence electrons. The first-order chi connectivity index (χ1) is 18.3. The number of rotatable bonds is 8. The molecule has 4 aromatic rings. The van der Waals surface area contributed by atoms with E-state index in [1.54, 1.807) is 42.5 Å². The zero-order valence-electron chi connectivity index (χ0n) is 20.9. The number of methoxy groups -OCH3 is 1. The SMILES string of the molecule is COc1cc(C=Nn2c(C(C)C)nc3ccccc3c2=O)ccc1OC(=O)/C=C/c1cccc([N+](=O)[O-])c1. The van der Waals surface area contributed by atoms with Gasteiger partial charge in [0.15, 0.2) is 11.5 Å². The van der Waals surface area contributed by atoms with Gasteiger partial charge in [-0.2, -0.15) is 9.78 Å². The molecule has 0 saturated carbocycles. The predicted octanol–water partition coefficient (Wildman–Crippen LogP) is 4.94. The normalized spacial score (nSPS) is 11.5. The number of aromatic nitrogens is 2. The second-order valence-electron chi connectivity index (χ2n) is 8.52. The number of nitro groups is 1. The van der Waals surface area contributed by atoms with Crippen molar-refractivity contribution in [2.75, 3.05) is 7.11 Å². The number of carbonyl (C=O) groups excluding carboxylic acids is 1. The van der Waals surface area contributed by atoms with E-state index in [1.165, 1.54) is 48.4 Å². The van der Waals surface area contributed by atoms with Crippen LogP contribution in [0.5, 0.6) is 11.5 Å². The lowest BCUT2D eigenvalue weighted by Gasteiger charge is -2.12. The van der Waals surface area contributed by atoms with Crippen molar-refractivity contribution in [3.63, 3.8) is 0 Å². The summed E-state index contributed by atoms with van der Waals surface area (Å²) in [6, 6.07) is 17.8. The van der Waals surface area contributed by atoms with Crippen molar-refractivity contribution in [1.82, 2.24) is 9.66 Å². The Labute approximate surface area is 217 Å². The first-order valence-electron chi connectivity index (χ1n) is 11.6. The highest BCUT2D eigenvalue weighted by Crippen LogP contribution is 2.28. The summed E-state index contributed by atoms with van der Waals surface area (Å²) in [5.74, 6) is 0.241. The summed E-state index contributed by atoms with van der Waals surface area (Å²) in [4.78, 5) is 40.4. The number of fused-ring (bicyclic) bond motifs is 1. The fraction of sp³-hybridized carbons (Fsp3) is 0.143. The van der Waals surface area contributed by atoms with Gasteiger partial charge < -0.3 is 9.47 Å². The molecular weight excluding hydrogens is 488 g/mol. The molecule has 38 heavy (non-hydrogen) atoms. The lowest BCUT2D eigenvalue weighted by molar-refractivity contribution is -0.384. The van der Waals surface area contributed by atoms with E-state index in [0.29, 0.717) is 27.9 Å². The largest absolute Gasteiger partial charge is 0.493 e. The summed E-state index contributed by atoms with van der Waals surface area (Å²) in [6.07, 6.45) is 4.09. The second-order valence-corrected chi connectivity index (χ2v) is 8.52. The van der Waals surface area contributed by atoms with E-state index in [9.17, 15) is 19.7 Å². The molecule has 10 heteroatoms. The van der Waals surface area contributed by atoms with Gasteiger partial charge in [-0.15, -0.1) is 0 Å². The summed E-state index contributed by atoms with van der Waals surface area (Å²) in [6.45, 7) is 3.87. The average Bonchev–Trinajstić information content (AvgIpc) is 2.92. The van der Waals surface area contributed by atoms with E-state index in [-0.39, 0.29) is 28.7 Å². The van der Waals surface area contributed by atoms with Crippen LogP contribution in [0, 0.1) is 10.1 Å². The average molecular weight is 513 g/mol. The zero-order chi connectivity index (χ0) is 27.2. The van der Waals surface area contributed by atoms with Crippen LogP contribution in [0.2, 0.25) is 0 Å². The fourth-order valence-electron chi connectivity index (χ4n) is 3.65. The monoisotopic (exact) mass is 512 g/mol. The lowest BCUT2D eigenvalue weighted by atomic mass is 10.2. The Bertz CT molecular complexity index is 1640. The molecule has 0 amide bonds. The summed E-state index contributed by atoms with van der Waals surface area (Å²) < 4.78 is 12.0.